The van der Waals surface area contributed by atoms with Crippen LogP contribution in [0.1, 0.15) is 33.4 Å². The first kappa shape index (κ1) is 18.2. The first-order chi connectivity index (χ1) is 12.3. The SMILES string of the molecule is Cc1ccc2c(C)cc(C)cc2c1.Cc1ccc2c(C)cc(C)cc2c1. The maximum Gasteiger partial charge on any atom is -0.0154 e. The minimum absolute atomic E-state index is 1.33. The summed E-state index contributed by atoms with van der Waals surface area (Å²) in [6.45, 7) is 12.9. The molecule has 4 aromatic rings. The molecule has 0 aliphatic carbocycles. The summed E-state index contributed by atoms with van der Waals surface area (Å²) in [6, 6.07) is 22.2. The Kier molecular flexibility index (Phi) is 5.13. The summed E-state index contributed by atoms with van der Waals surface area (Å²) in [5.74, 6) is 0. The van der Waals surface area contributed by atoms with E-state index in [0.29, 0.717) is 0 Å². The van der Waals surface area contributed by atoms with Crippen LogP contribution in [0.25, 0.3) is 21.5 Å². The lowest BCUT2D eigenvalue weighted by atomic mass is 10.0. The highest BCUT2D eigenvalue weighted by Gasteiger charge is 1.99. The second-order valence-corrected chi connectivity index (χ2v) is 7.61. The predicted octanol–water partition coefficient (Wildman–Crippen LogP) is 7.53. The van der Waals surface area contributed by atoms with Gasteiger partial charge in [-0.05, 0) is 74.2 Å². The number of fused-ring (bicyclic) bond motifs is 2. The van der Waals surface area contributed by atoms with E-state index in [1.54, 1.807) is 0 Å². The number of aryl methyl sites for hydroxylation is 6. The molecule has 0 nitrogen and oxygen atoms in total. The van der Waals surface area contributed by atoms with Crippen LogP contribution in [0.15, 0.2) is 60.7 Å². The number of hydrogen-bond acceptors (Lipinski definition) is 0. The van der Waals surface area contributed by atoms with Crippen LogP contribution < -0.4 is 0 Å². The molecule has 0 saturated heterocycles. The van der Waals surface area contributed by atoms with Gasteiger partial charge in [0, 0.05) is 0 Å². The van der Waals surface area contributed by atoms with Crippen LogP contribution in [-0.2, 0) is 0 Å². The van der Waals surface area contributed by atoms with Gasteiger partial charge in [-0.25, -0.2) is 0 Å². The molecule has 132 valence electrons. The first-order valence-electron chi connectivity index (χ1n) is 9.29. The van der Waals surface area contributed by atoms with Gasteiger partial charge >= 0.3 is 0 Å². The maximum atomic E-state index is 2.25. The van der Waals surface area contributed by atoms with E-state index >= 15 is 0 Å². The van der Waals surface area contributed by atoms with Gasteiger partial charge < -0.3 is 0 Å². The third-order valence-electron chi connectivity index (χ3n) is 4.92. The van der Waals surface area contributed by atoms with E-state index in [0.717, 1.165) is 0 Å². The molecule has 0 amide bonds. The second-order valence-electron chi connectivity index (χ2n) is 7.61. The fraction of sp³-hybridized carbons (Fsp3) is 0.231. The average molecular weight is 341 g/mol. The molecule has 0 aliphatic heterocycles. The van der Waals surface area contributed by atoms with Gasteiger partial charge in [0.2, 0.25) is 0 Å². The quantitative estimate of drug-likeness (QED) is 0.310. The highest BCUT2D eigenvalue weighted by Crippen LogP contribution is 2.22. The Bertz CT molecular complexity index is 984. The molecule has 4 rings (SSSR count). The van der Waals surface area contributed by atoms with E-state index < -0.39 is 0 Å². The van der Waals surface area contributed by atoms with E-state index in [1.807, 2.05) is 0 Å². The van der Waals surface area contributed by atoms with E-state index in [2.05, 4.69) is 102 Å². The molecule has 0 bridgehead atoms. The Morgan fingerprint density at radius 2 is 0.731 bits per heavy atom. The van der Waals surface area contributed by atoms with Crippen molar-refractivity contribution in [2.24, 2.45) is 0 Å². The molecule has 0 fully saturated rings. The summed E-state index contributed by atoms with van der Waals surface area (Å²) in [4.78, 5) is 0. The van der Waals surface area contributed by atoms with Gasteiger partial charge in [0.25, 0.3) is 0 Å². The zero-order valence-electron chi connectivity index (χ0n) is 16.8. The minimum Gasteiger partial charge on any atom is -0.0587 e. The fourth-order valence-electron chi connectivity index (χ4n) is 3.73. The van der Waals surface area contributed by atoms with E-state index in [1.165, 1.54) is 54.9 Å². The van der Waals surface area contributed by atoms with Crippen molar-refractivity contribution >= 4 is 21.5 Å². The molecule has 0 spiro atoms. The van der Waals surface area contributed by atoms with Crippen molar-refractivity contribution in [3.8, 4) is 0 Å². The molecular formula is C26H28. The van der Waals surface area contributed by atoms with Gasteiger partial charge in [0.15, 0.2) is 0 Å². The topological polar surface area (TPSA) is 0 Å². The van der Waals surface area contributed by atoms with Crippen molar-refractivity contribution in [3.63, 3.8) is 0 Å². The Morgan fingerprint density at radius 1 is 0.385 bits per heavy atom. The number of hydrogen-bond donors (Lipinski definition) is 0. The van der Waals surface area contributed by atoms with Crippen molar-refractivity contribution in [2.45, 2.75) is 41.5 Å². The van der Waals surface area contributed by atoms with Gasteiger partial charge in [-0.15, -0.1) is 0 Å². The Hall–Kier alpha value is -2.60. The standard InChI is InChI=1S/2C13H14/c2*1-9-4-5-13-11(3)6-10(2)8-12(13)7-9/h2*4-8H,1-3H3. The van der Waals surface area contributed by atoms with Gasteiger partial charge in [-0.2, -0.15) is 0 Å². The summed E-state index contributed by atoms with van der Waals surface area (Å²) < 4.78 is 0. The molecule has 0 aromatic heterocycles. The second kappa shape index (κ2) is 7.33. The predicted molar refractivity (Wildman–Crippen MR) is 116 cm³/mol. The van der Waals surface area contributed by atoms with Crippen LogP contribution >= 0.6 is 0 Å². The Balaban J connectivity index is 0.000000151. The molecule has 0 unspecified atom stereocenters. The van der Waals surface area contributed by atoms with E-state index in [9.17, 15) is 0 Å². The van der Waals surface area contributed by atoms with Crippen molar-refractivity contribution in [1.29, 1.82) is 0 Å². The highest BCUT2D eigenvalue weighted by atomic mass is 14.0. The summed E-state index contributed by atoms with van der Waals surface area (Å²) in [6.07, 6.45) is 0. The molecule has 0 radical (unpaired) electrons. The molecule has 0 atom stereocenters. The van der Waals surface area contributed by atoms with Crippen LogP contribution in [-0.4, -0.2) is 0 Å². The normalized spacial score (nSPS) is 10.7. The van der Waals surface area contributed by atoms with Crippen LogP contribution in [0.2, 0.25) is 0 Å². The van der Waals surface area contributed by atoms with Crippen molar-refractivity contribution < 1.29 is 0 Å². The summed E-state index contributed by atoms with van der Waals surface area (Å²) >= 11 is 0. The third kappa shape index (κ3) is 3.96. The summed E-state index contributed by atoms with van der Waals surface area (Å²) in [5, 5.41) is 5.46. The minimum atomic E-state index is 1.33. The van der Waals surface area contributed by atoms with Gasteiger partial charge in [-0.3, -0.25) is 0 Å². The number of rotatable bonds is 0. The zero-order valence-corrected chi connectivity index (χ0v) is 16.8. The monoisotopic (exact) mass is 340 g/mol. The molecule has 4 aromatic carbocycles. The van der Waals surface area contributed by atoms with Crippen LogP contribution in [0.4, 0.5) is 0 Å². The lowest BCUT2D eigenvalue weighted by Crippen LogP contribution is -1.82. The van der Waals surface area contributed by atoms with Gasteiger partial charge in [0.05, 0.1) is 0 Å². The van der Waals surface area contributed by atoms with Crippen molar-refractivity contribution in [3.05, 3.63) is 94.0 Å². The molecule has 0 heterocycles. The molecule has 0 N–H and O–H groups in total. The van der Waals surface area contributed by atoms with E-state index in [-0.39, 0.29) is 0 Å². The largest absolute Gasteiger partial charge is 0.0587 e. The number of benzene rings is 4. The maximum absolute atomic E-state index is 2.25. The molecule has 0 heteroatoms. The lowest BCUT2D eigenvalue weighted by Gasteiger charge is -2.04. The molecule has 0 aliphatic rings. The van der Waals surface area contributed by atoms with Crippen LogP contribution in [0.5, 0.6) is 0 Å². The first-order valence-corrected chi connectivity index (χ1v) is 9.29. The average Bonchev–Trinajstić information content (AvgIpc) is 2.54. The zero-order chi connectivity index (χ0) is 18.8. The fourth-order valence-corrected chi connectivity index (χ4v) is 3.73. The Morgan fingerprint density at radius 3 is 1.12 bits per heavy atom. The highest BCUT2D eigenvalue weighted by molar-refractivity contribution is 5.87. The smallest absolute Gasteiger partial charge is 0.0154 e. The van der Waals surface area contributed by atoms with Crippen molar-refractivity contribution in [2.75, 3.05) is 0 Å². The summed E-state index contributed by atoms with van der Waals surface area (Å²) in [5.41, 5.74) is 8.09. The third-order valence-corrected chi connectivity index (χ3v) is 4.92. The lowest BCUT2D eigenvalue weighted by molar-refractivity contribution is 1.41. The van der Waals surface area contributed by atoms with Gasteiger partial charge in [0.1, 0.15) is 0 Å². The van der Waals surface area contributed by atoms with Crippen LogP contribution in [0, 0.1) is 41.5 Å². The molecule has 26 heavy (non-hydrogen) atoms. The summed E-state index contributed by atoms with van der Waals surface area (Å²) in [7, 11) is 0. The van der Waals surface area contributed by atoms with Crippen molar-refractivity contribution in [1.82, 2.24) is 0 Å². The Labute approximate surface area is 157 Å². The van der Waals surface area contributed by atoms with Gasteiger partial charge in [-0.1, -0.05) is 82.9 Å². The van der Waals surface area contributed by atoms with E-state index in [4.69, 9.17) is 0 Å². The molecular weight excluding hydrogens is 312 g/mol. The van der Waals surface area contributed by atoms with Crippen LogP contribution in [0.3, 0.4) is 0 Å². The molecule has 0 saturated carbocycles.